The molecule has 0 bridgehead atoms. The number of sulfonamides is 1. The van der Waals surface area contributed by atoms with Crippen LogP contribution in [0.15, 0.2) is 36.4 Å². The number of ether oxygens (including phenoxy) is 2. The number of nitrogens with one attached hydrogen (secondary N) is 1. The van der Waals surface area contributed by atoms with E-state index in [2.05, 4.69) is 5.32 Å². The monoisotopic (exact) mass is 418 g/mol. The highest BCUT2D eigenvalue weighted by molar-refractivity contribution is 7.92. The molecule has 2 aromatic rings. The number of hydrogen-bond donors (Lipinski definition) is 1. The molecular weight excluding hydrogens is 392 g/mol. The zero-order valence-electron chi connectivity index (χ0n) is 16.9. The fraction of sp³-hybridized carbons (Fsp3) is 0.381. The van der Waals surface area contributed by atoms with Crippen LogP contribution in [0.5, 0.6) is 11.5 Å². The molecule has 0 aliphatic carbocycles. The minimum Gasteiger partial charge on any atom is -0.486 e. The van der Waals surface area contributed by atoms with Crippen LogP contribution in [-0.4, -0.2) is 40.3 Å². The molecule has 8 heteroatoms. The maximum atomic E-state index is 12.3. The number of nitrogens with zero attached hydrogens (tertiary/aromatic N) is 1. The summed E-state index contributed by atoms with van der Waals surface area (Å²) < 4.78 is 36.8. The van der Waals surface area contributed by atoms with Gasteiger partial charge in [-0.25, -0.2) is 8.42 Å². The zero-order valence-corrected chi connectivity index (χ0v) is 17.7. The number of rotatable bonds is 7. The van der Waals surface area contributed by atoms with Crippen LogP contribution in [0, 0.1) is 13.8 Å². The van der Waals surface area contributed by atoms with Crippen molar-refractivity contribution in [1.29, 1.82) is 0 Å². The highest BCUT2D eigenvalue weighted by Gasteiger charge is 2.18. The van der Waals surface area contributed by atoms with Gasteiger partial charge in [0.05, 0.1) is 11.9 Å². The van der Waals surface area contributed by atoms with Crippen LogP contribution in [0.3, 0.4) is 0 Å². The Morgan fingerprint density at radius 2 is 1.76 bits per heavy atom. The third kappa shape index (κ3) is 5.41. The summed E-state index contributed by atoms with van der Waals surface area (Å²) in [5.74, 6) is 1.08. The van der Waals surface area contributed by atoms with Gasteiger partial charge in [-0.15, -0.1) is 0 Å². The van der Waals surface area contributed by atoms with Gasteiger partial charge in [-0.05, 0) is 55.7 Å². The van der Waals surface area contributed by atoms with Crippen molar-refractivity contribution in [3.63, 3.8) is 0 Å². The van der Waals surface area contributed by atoms with Gasteiger partial charge in [0.15, 0.2) is 11.5 Å². The molecule has 1 heterocycles. The predicted octanol–water partition coefficient (Wildman–Crippen LogP) is 3.26. The molecule has 29 heavy (non-hydrogen) atoms. The first-order valence-corrected chi connectivity index (χ1v) is 11.3. The van der Waals surface area contributed by atoms with Gasteiger partial charge in [0.2, 0.25) is 15.9 Å². The van der Waals surface area contributed by atoms with Gasteiger partial charge in [0.25, 0.3) is 0 Å². The standard InChI is InChI=1S/C21H26N2O5S/c1-15-6-8-18(13-16(15)2)23(29(3,25)26)10-4-5-21(24)22-17-7-9-19-20(14-17)28-12-11-27-19/h6-9,13-14H,4-5,10-12H2,1-3H3,(H,22,24). The zero-order chi connectivity index (χ0) is 21.0. The van der Waals surface area contributed by atoms with Crippen molar-refractivity contribution in [2.75, 3.05) is 35.6 Å². The van der Waals surface area contributed by atoms with Gasteiger partial charge in [0.1, 0.15) is 13.2 Å². The van der Waals surface area contributed by atoms with Crippen molar-refractivity contribution >= 4 is 27.3 Å². The molecule has 0 atom stereocenters. The predicted molar refractivity (Wildman–Crippen MR) is 113 cm³/mol. The van der Waals surface area contributed by atoms with Crippen molar-refractivity contribution in [1.82, 2.24) is 0 Å². The number of hydrogen-bond acceptors (Lipinski definition) is 5. The highest BCUT2D eigenvalue weighted by atomic mass is 32.2. The Morgan fingerprint density at radius 1 is 1.03 bits per heavy atom. The van der Waals surface area contributed by atoms with E-state index in [1.807, 2.05) is 26.0 Å². The molecule has 156 valence electrons. The van der Waals surface area contributed by atoms with Gasteiger partial charge >= 0.3 is 0 Å². The van der Waals surface area contributed by atoms with Crippen molar-refractivity contribution < 1.29 is 22.7 Å². The van der Waals surface area contributed by atoms with Gasteiger partial charge < -0.3 is 14.8 Å². The number of fused-ring (bicyclic) bond motifs is 1. The molecule has 0 spiro atoms. The van der Waals surface area contributed by atoms with E-state index in [1.54, 1.807) is 24.3 Å². The molecule has 0 saturated heterocycles. The van der Waals surface area contributed by atoms with Crippen LogP contribution in [0.1, 0.15) is 24.0 Å². The number of benzene rings is 2. The fourth-order valence-corrected chi connectivity index (χ4v) is 4.05. The molecular formula is C21H26N2O5S. The average Bonchev–Trinajstić information content (AvgIpc) is 2.66. The quantitative estimate of drug-likeness (QED) is 0.746. The summed E-state index contributed by atoms with van der Waals surface area (Å²) in [6.07, 6.45) is 1.78. The summed E-state index contributed by atoms with van der Waals surface area (Å²) in [6.45, 7) is 5.14. The summed E-state index contributed by atoms with van der Waals surface area (Å²) in [4.78, 5) is 12.3. The second kappa shape index (κ2) is 8.73. The van der Waals surface area contributed by atoms with E-state index >= 15 is 0 Å². The second-order valence-electron chi connectivity index (χ2n) is 7.11. The van der Waals surface area contributed by atoms with Crippen molar-refractivity contribution in [3.05, 3.63) is 47.5 Å². The smallest absolute Gasteiger partial charge is 0.232 e. The van der Waals surface area contributed by atoms with Gasteiger partial charge in [-0.2, -0.15) is 0 Å². The fourth-order valence-electron chi connectivity index (χ4n) is 3.09. The van der Waals surface area contributed by atoms with E-state index in [9.17, 15) is 13.2 Å². The van der Waals surface area contributed by atoms with Crippen LogP contribution >= 0.6 is 0 Å². The molecule has 1 amide bonds. The minimum atomic E-state index is -3.44. The maximum absolute atomic E-state index is 12.3. The summed E-state index contributed by atoms with van der Waals surface area (Å²) >= 11 is 0. The van der Waals surface area contributed by atoms with Crippen LogP contribution in [0.25, 0.3) is 0 Å². The lowest BCUT2D eigenvalue weighted by Gasteiger charge is -2.23. The second-order valence-corrected chi connectivity index (χ2v) is 9.02. The number of anilines is 2. The molecule has 2 aromatic carbocycles. The van der Waals surface area contributed by atoms with E-state index < -0.39 is 10.0 Å². The van der Waals surface area contributed by atoms with Gasteiger partial charge in [-0.1, -0.05) is 6.07 Å². The third-order valence-electron chi connectivity index (χ3n) is 4.77. The van der Waals surface area contributed by atoms with E-state index in [1.165, 1.54) is 10.6 Å². The van der Waals surface area contributed by atoms with Gasteiger partial charge in [0, 0.05) is 24.7 Å². The maximum Gasteiger partial charge on any atom is 0.232 e. The highest BCUT2D eigenvalue weighted by Crippen LogP contribution is 2.32. The Bertz CT molecular complexity index is 1000. The van der Waals surface area contributed by atoms with E-state index in [4.69, 9.17) is 9.47 Å². The number of amides is 1. The molecule has 0 saturated carbocycles. The lowest BCUT2D eigenvalue weighted by Crippen LogP contribution is -2.31. The average molecular weight is 419 g/mol. The molecule has 0 fully saturated rings. The lowest BCUT2D eigenvalue weighted by molar-refractivity contribution is -0.116. The third-order valence-corrected chi connectivity index (χ3v) is 5.96. The van der Waals surface area contributed by atoms with Crippen molar-refractivity contribution in [2.45, 2.75) is 26.7 Å². The lowest BCUT2D eigenvalue weighted by atomic mass is 10.1. The first-order valence-electron chi connectivity index (χ1n) is 9.48. The largest absolute Gasteiger partial charge is 0.486 e. The first-order chi connectivity index (χ1) is 13.7. The SMILES string of the molecule is Cc1ccc(N(CCCC(=O)Nc2ccc3c(c2)OCCO3)S(C)(=O)=O)cc1C. The van der Waals surface area contributed by atoms with Crippen LogP contribution in [0.2, 0.25) is 0 Å². The number of aryl methyl sites for hydroxylation is 2. The molecule has 1 N–H and O–H groups in total. The Morgan fingerprint density at radius 3 is 2.45 bits per heavy atom. The van der Waals surface area contributed by atoms with E-state index in [0.717, 1.165) is 11.1 Å². The van der Waals surface area contributed by atoms with E-state index in [-0.39, 0.29) is 18.9 Å². The molecule has 0 unspecified atom stereocenters. The molecule has 1 aliphatic heterocycles. The first kappa shape index (κ1) is 21.0. The Kier molecular flexibility index (Phi) is 6.32. The van der Waals surface area contributed by atoms with Crippen molar-refractivity contribution in [2.24, 2.45) is 0 Å². The molecule has 0 radical (unpaired) electrons. The van der Waals surface area contributed by atoms with Crippen molar-refractivity contribution in [3.8, 4) is 11.5 Å². The number of carbonyl (C=O) groups excluding carboxylic acids is 1. The van der Waals surface area contributed by atoms with Crippen LogP contribution < -0.4 is 19.1 Å². The normalized spacial score (nSPS) is 13.1. The minimum absolute atomic E-state index is 0.185. The molecule has 7 nitrogen and oxygen atoms in total. The van der Waals surface area contributed by atoms with Gasteiger partial charge in [-0.3, -0.25) is 9.10 Å². The summed E-state index contributed by atoms with van der Waals surface area (Å²) in [5, 5.41) is 2.82. The Labute approximate surface area is 171 Å². The summed E-state index contributed by atoms with van der Waals surface area (Å²) in [5.41, 5.74) is 3.35. The van der Waals surface area contributed by atoms with Crippen LogP contribution in [0.4, 0.5) is 11.4 Å². The molecule has 0 aromatic heterocycles. The molecule has 1 aliphatic rings. The van der Waals surface area contributed by atoms with Crippen LogP contribution in [-0.2, 0) is 14.8 Å². The number of carbonyl (C=O) groups is 1. The summed E-state index contributed by atoms with van der Waals surface area (Å²) in [7, 11) is -3.44. The molecule has 3 rings (SSSR count). The summed E-state index contributed by atoms with van der Waals surface area (Å²) in [6, 6.07) is 10.8. The Balaban J connectivity index is 1.59. The topological polar surface area (TPSA) is 84.9 Å². The van der Waals surface area contributed by atoms with E-state index in [0.29, 0.717) is 42.5 Å². The Hall–Kier alpha value is -2.74.